The van der Waals surface area contributed by atoms with Crippen molar-refractivity contribution in [3.8, 4) is 0 Å². The van der Waals surface area contributed by atoms with Crippen molar-refractivity contribution in [1.29, 1.82) is 0 Å². The molecule has 0 aliphatic carbocycles. The predicted molar refractivity (Wildman–Crippen MR) is 86.2 cm³/mol. The maximum Gasteiger partial charge on any atom is 0.331 e. The van der Waals surface area contributed by atoms with Gasteiger partial charge in [-0.1, -0.05) is 48.0 Å². The number of ether oxygens (including phenoxy) is 1. The van der Waals surface area contributed by atoms with Crippen LogP contribution in [0, 0.1) is 20.8 Å². The van der Waals surface area contributed by atoms with Crippen molar-refractivity contribution >= 4 is 11.5 Å². The lowest BCUT2D eigenvalue weighted by atomic mass is 9.90. The predicted octanol–water partition coefficient (Wildman–Crippen LogP) is 4.22. The maximum absolute atomic E-state index is 11.8. The summed E-state index contributed by atoms with van der Waals surface area (Å²) in [4.78, 5) is 11.8. The molecule has 0 aromatic heterocycles. The summed E-state index contributed by atoms with van der Waals surface area (Å²) in [6.07, 6.45) is 1.57. The van der Waals surface area contributed by atoms with E-state index in [2.05, 4.69) is 32.9 Å². The molecule has 0 radical (unpaired) electrons. The fourth-order valence-corrected chi connectivity index (χ4v) is 2.43. The number of benzene rings is 2. The van der Waals surface area contributed by atoms with Crippen molar-refractivity contribution in [2.45, 2.75) is 20.8 Å². The Morgan fingerprint density at radius 2 is 1.71 bits per heavy atom. The molecule has 2 rings (SSSR count). The third-order valence-electron chi connectivity index (χ3n) is 3.65. The standard InChI is InChI=1S/C19H20O2/c1-13-10-14(2)15(3)17(11-13)18(12-19(20)21-4)16-8-6-5-7-9-16/h5-12H,1-4H3/b18-12-. The van der Waals surface area contributed by atoms with E-state index in [1.165, 1.54) is 23.8 Å². The molecule has 0 saturated carbocycles. The van der Waals surface area contributed by atoms with Crippen molar-refractivity contribution < 1.29 is 9.53 Å². The first-order chi connectivity index (χ1) is 10.0. The second kappa shape index (κ2) is 6.40. The Bertz CT molecular complexity index is 682. The fourth-order valence-electron chi connectivity index (χ4n) is 2.43. The number of carbonyl (C=O) groups is 1. The Hall–Kier alpha value is -2.35. The van der Waals surface area contributed by atoms with Crippen molar-refractivity contribution in [3.63, 3.8) is 0 Å². The first-order valence-corrected chi connectivity index (χ1v) is 6.96. The Labute approximate surface area is 126 Å². The summed E-state index contributed by atoms with van der Waals surface area (Å²) in [6, 6.07) is 14.2. The molecule has 108 valence electrons. The van der Waals surface area contributed by atoms with Gasteiger partial charge in [0.25, 0.3) is 0 Å². The van der Waals surface area contributed by atoms with E-state index in [1.807, 2.05) is 30.3 Å². The average Bonchev–Trinajstić information content (AvgIpc) is 2.49. The van der Waals surface area contributed by atoms with Crippen molar-refractivity contribution in [1.82, 2.24) is 0 Å². The van der Waals surface area contributed by atoms with Gasteiger partial charge in [0.2, 0.25) is 0 Å². The van der Waals surface area contributed by atoms with Crippen molar-refractivity contribution in [2.75, 3.05) is 7.11 Å². The van der Waals surface area contributed by atoms with Crippen LogP contribution in [0.4, 0.5) is 0 Å². The van der Waals surface area contributed by atoms with Crippen LogP contribution in [0.25, 0.3) is 5.57 Å². The molecule has 0 atom stereocenters. The van der Waals surface area contributed by atoms with Gasteiger partial charge in [0.05, 0.1) is 7.11 Å². The molecule has 21 heavy (non-hydrogen) atoms. The van der Waals surface area contributed by atoms with Gasteiger partial charge < -0.3 is 4.74 Å². The van der Waals surface area contributed by atoms with Gasteiger partial charge in [0.1, 0.15) is 0 Å². The lowest BCUT2D eigenvalue weighted by Gasteiger charge is -2.14. The molecule has 0 spiro atoms. The van der Waals surface area contributed by atoms with Crippen LogP contribution in [0.5, 0.6) is 0 Å². The van der Waals surface area contributed by atoms with E-state index >= 15 is 0 Å². The molecular formula is C19H20O2. The number of rotatable bonds is 3. The zero-order valence-corrected chi connectivity index (χ0v) is 12.9. The van der Waals surface area contributed by atoms with Crippen LogP contribution in [0.2, 0.25) is 0 Å². The third-order valence-corrected chi connectivity index (χ3v) is 3.65. The highest BCUT2D eigenvalue weighted by Gasteiger charge is 2.12. The van der Waals surface area contributed by atoms with E-state index in [1.54, 1.807) is 6.08 Å². The normalized spacial score (nSPS) is 11.3. The summed E-state index contributed by atoms with van der Waals surface area (Å²) in [5.41, 5.74) is 6.56. The van der Waals surface area contributed by atoms with E-state index < -0.39 is 0 Å². The maximum atomic E-state index is 11.8. The smallest absolute Gasteiger partial charge is 0.331 e. The van der Waals surface area contributed by atoms with E-state index in [0.29, 0.717) is 0 Å². The van der Waals surface area contributed by atoms with Gasteiger partial charge in [-0.2, -0.15) is 0 Å². The van der Waals surface area contributed by atoms with Gasteiger partial charge in [-0.05, 0) is 48.6 Å². The largest absolute Gasteiger partial charge is 0.466 e. The molecule has 2 aromatic carbocycles. The fraction of sp³-hybridized carbons (Fsp3) is 0.211. The number of hydrogen-bond donors (Lipinski definition) is 0. The third kappa shape index (κ3) is 3.40. The molecule has 0 bridgehead atoms. The average molecular weight is 280 g/mol. The number of aryl methyl sites for hydroxylation is 2. The second-order valence-electron chi connectivity index (χ2n) is 5.20. The van der Waals surface area contributed by atoms with Gasteiger partial charge >= 0.3 is 5.97 Å². The quantitative estimate of drug-likeness (QED) is 0.621. The van der Waals surface area contributed by atoms with Crippen molar-refractivity contribution in [2.24, 2.45) is 0 Å². The van der Waals surface area contributed by atoms with Crippen LogP contribution in [0.15, 0.2) is 48.5 Å². The number of methoxy groups -OCH3 is 1. The van der Waals surface area contributed by atoms with Gasteiger partial charge in [-0.3, -0.25) is 0 Å². The summed E-state index contributed by atoms with van der Waals surface area (Å²) in [5, 5.41) is 0. The van der Waals surface area contributed by atoms with Gasteiger partial charge in [0.15, 0.2) is 0 Å². The highest BCUT2D eigenvalue weighted by molar-refractivity contribution is 5.97. The van der Waals surface area contributed by atoms with E-state index in [9.17, 15) is 4.79 Å². The van der Waals surface area contributed by atoms with Gasteiger partial charge in [-0.25, -0.2) is 4.79 Å². The SMILES string of the molecule is COC(=O)/C=C(/c1ccccc1)c1cc(C)cc(C)c1C. The number of esters is 1. The molecule has 0 N–H and O–H groups in total. The second-order valence-corrected chi connectivity index (χ2v) is 5.20. The zero-order valence-electron chi connectivity index (χ0n) is 12.9. The Balaban J connectivity index is 2.67. The molecular weight excluding hydrogens is 260 g/mol. The van der Waals surface area contributed by atoms with Crippen LogP contribution in [-0.2, 0) is 9.53 Å². The summed E-state index contributed by atoms with van der Waals surface area (Å²) >= 11 is 0. The highest BCUT2D eigenvalue weighted by Crippen LogP contribution is 2.29. The summed E-state index contributed by atoms with van der Waals surface area (Å²) in [7, 11) is 1.40. The Kier molecular flexibility index (Phi) is 4.59. The first-order valence-electron chi connectivity index (χ1n) is 6.96. The topological polar surface area (TPSA) is 26.3 Å². The minimum atomic E-state index is -0.340. The van der Waals surface area contributed by atoms with Crippen LogP contribution < -0.4 is 0 Å². The van der Waals surface area contributed by atoms with E-state index in [4.69, 9.17) is 4.74 Å². The zero-order chi connectivity index (χ0) is 15.4. The molecule has 2 nitrogen and oxygen atoms in total. The van der Waals surface area contributed by atoms with Crippen LogP contribution >= 0.6 is 0 Å². The van der Waals surface area contributed by atoms with E-state index in [0.717, 1.165) is 16.7 Å². The van der Waals surface area contributed by atoms with Gasteiger partial charge in [0, 0.05) is 6.08 Å². The number of hydrogen-bond acceptors (Lipinski definition) is 2. The molecule has 2 heteroatoms. The lowest BCUT2D eigenvalue weighted by Crippen LogP contribution is -2.01. The van der Waals surface area contributed by atoms with Crippen LogP contribution in [0.1, 0.15) is 27.8 Å². The summed E-state index contributed by atoms with van der Waals surface area (Å²) in [5.74, 6) is -0.340. The molecule has 0 aliphatic rings. The summed E-state index contributed by atoms with van der Waals surface area (Å²) < 4.78 is 4.81. The highest BCUT2D eigenvalue weighted by atomic mass is 16.5. The molecule has 0 amide bonds. The lowest BCUT2D eigenvalue weighted by molar-refractivity contribution is -0.134. The first kappa shape index (κ1) is 15.0. The van der Waals surface area contributed by atoms with Crippen LogP contribution in [-0.4, -0.2) is 13.1 Å². The molecule has 0 unspecified atom stereocenters. The van der Waals surface area contributed by atoms with Crippen LogP contribution in [0.3, 0.4) is 0 Å². The minimum Gasteiger partial charge on any atom is -0.466 e. The molecule has 0 saturated heterocycles. The van der Waals surface area contributed by atoms with Gasteiger partial charge in [-0.15, -0.1) is 0 Å². The molecule has 0 aliphatic heterocycles. The summed E-state index contributed by atoms with van der Waals surface area (Å²) in [6.45, 7) is 6.24. The molecule has 2 aromatic rings. The Morgan fingerprint density at radius 3 is 2.33 bits per heavy atom. The van der Waals surface area contributed by atoms with E-state index in [-0.39, 0.29) is 5.97 Å². The van der Waals surface area contributed by atoms with Crippen molar-refractivity contribution in [3.05, 3.63) is 76.4 Å². The minimum absolute atomic E-state index is 0.340. The molecule has 0 fully saturated rings. The molecule has 0 heterocycles. The Morgan fingerprint density at radius 1 is 1.05 bits per heavy atom. The monoisotopic (exact) mass is 280 g/mol. The number of carbonyl (C=O) groups excluding carboxylic acids is 1.